The van der Waals surface area contributed by atoms with Gasteiger partial charge in [0.25, 0.3) is 0 Å². The zero-order chi connectivity index (χ0) is 16.1. The minimum atomic E-state index is -0.296. The van der Waals surface area contributed by atoms with Crippen molar-refractivity contribution in [3.63, 3.8) is 0 Å². The zero-order valence-electron chi connectivity index (χ0n) is 12.8. The molecule has 1 saturated heterocycles. The van der Waals surface area contributed by atoms with Crippen LogP contribution in [0.4, 0.5) is 10.3 Å². The smallest absolute Gasteiger partial charge is 0.225 e. The lowest BCUT2D eigenvalue weighted by Crippen LogP contribution is -2.43. The first kappa shape index (κ1) is 15.4. The predicted octanol–water partition coefficient (Wildman–Crippen LogP) is 2.15. The largest absolute Gasteiger partial charge is 0.352 e. The van der Waals surface area contributed by atoms with Gasteiger partial charge in [-0.2, -0.15) is 0 Å². The molecule has 23 heavy (non-hydrogen) atoms. The molecule has 3 rings (SSSR count). The minimum Gasteiger partial charge on any atom is -0.352 e. The number of amides is 1. The van der Waals surface area contributed by atoms with Crippen LogP contribution in [-0.4, -0.2) is 29.0 Å². The highest BCUT2D eigenvalue weighted by molar-refractivity contribution is 5.79. The van der Waals surface area contributed by atoms with E-state index in [9.17, 15) is 9.18 Å². The number of carbonyl (C=O) groups is 1. The topological polar surface area (TPSA) is 58.1 Å². The lowest BCUT2D eigenvalue weighted by atomic mass is 9.97. The third-order valence-electron chi connectivity index (χ3n) is 4.04. The van der Waals surface area contributed by atoms with Gasteiger partial charge in [-0.1, -0.05) is 18.2 Å². The van der Waals surface area contributed by atoms with Crippen LogP contribution in [0.25, 0.3) is 0 Å². The summed E-state index contributed by atoms with van der Waals surface area (Å²) in [5.41, 5.74) is 0.500. The molecule has 2 aromatic rings. The lowest BCUT2D eigenvalue weighted by Gasteiger charge is -2.31. The fraction of sp³-hybridized carbons (Fsp3) is 0.353. The van der Waals surface area contributed by atoms with Crippen LogP contribution in [0, 0.1) is 11.7 Å². The Hall–Kier alpha value is -2.50. The van der Waals surface area contributed by atoms with Crippen molar-refractivity contribution in [2.24, 2.45) is 5.92 Å². The van der Waals surface area contributed by atoms with E-state index in [1.807, 2.05) is 4.90 Å². The molecule has 0 aliphatic carbocycles. The highest BCUT2D eigenvalue weighted by Gasteiger charge is 2.26. The number of hydrogen-bond acceptors (Lipinski definition) is 4. The van der Waals surface area contributed by atoms with Crippen molar-refractivity contribution in [1.29, 1.82) is 0 Å². The van der Waals surface area contributed by atoms with Crippen molar-refractivity contribution in [3.05, 3.63) is 54.1 Å². The summed E-state index contributed by atoms with van der Waals surface area (Å²) in [5.74, 6) is 0.183. The van der Waals surface area contributed by atoms with Crippen LogP contribution in [0.15, 0.2) is 42.7 Å². The fourth-order valence-electron chi connectivity index (χ4n) is 2.80. The second-order valence-electron chi connectivity index (χ2n) is 5.64. The van der Waals surface area contributed by atoms with Gasteiger partial charge in [-0.15, -0.1) is 0 Å². The fourth-order valence-corrected chi connectivity index (χ4v) is 2.80. The van der Waals surface area contributed by atoms with Gasteiger partial charge >= 0.3 is 0 Å². The number of nitrogens with zero attached hydrogens (tertiary/aromatic N) is 3. The first-order valence-corrected chi connectivity index (χ1v) is 7.77. The lowest BCUT2D eigenvalue weighted by molar-refractivity contribution is -0.125. The zero-order valence-corrected chi connectivity index (χ0v) is 12.8. The van der Waals surface area contributed by atoms with Crippen LogP contribution < -0.4 is 10.2 Å². The first-order chi connectivity index (χ1) is 11.2. The van der Waals surface area contributed by atoms with E-state index in [4.69, 9.17) is 0 Å². The summed E-state index contributed by atoms with van der Waals surface area (Å²) in [7, 11) is 0. The predicted molar refractivity (Wildman–Crippen MR) is 85.2 cm³/mol. The number of piperidine rings is 1. The monoisotopic (exact) mass is 314 g/mol. The van der Waals surface area contributed by atoms with E-state index in [-0.39, 0.29) is 24.2 Å². The number of hydrogen-bond donors (Lipinski definition) is 1. The van der Waals surface area contributed by atoms with Gasteiger partial charge in [-0.3, -0.25) is 4.79 Å². The number of rotatable bonds is 4. The van der Waals surface area contributed by atoms with Crippen molar-refractivity contribution in [2.45, 2.75) is 19.4 Å². The van der Waals surface area contributed by atoms with Gasteiger partial charge in [0.2, 0.25) is 11.9 Å². The first-order valence-electron chi connectivity index (χ1n) is 7.77. The Morgan fingerprint density at radius 3 is 2.83 bits per heavy atom. The Kier molecular flexibility index (Phi) is 4.80. The third-order valence-corrected chi connectivity index (χ3v) is 4.04. The van der Waals surface area contributed by atoms with Gasteiger partial charge in [-0.25, -0.2) is 14.4 Å². The molecule has 1 fully saturated rings. The van der Waals surface area contributed by atoms with Crippen molar-refractivity contribution < 1.29 is 9.18 Å². The summed E-state index contributed by atoms with van der Waals surface area (Å²) in [4.78, 5) is 22.9. The van der Waals surface area contributed by atoms with E-state index in [2.05, 4.69) is 15.3 Å². The van der Waals surface area contributed by atoms with Crippen LogP contribution in [0.2, 0.25) is 0 Å². The average Bonchev–Trinajstić information content (AvgIpc) is 2.62. The van der Waals surface area contributed by atoms with Gasteiger partial charge in [0.1, 0.15) is 5.82 Å². The Morgan fingerprint density at radius 2 is 2.04 bits per heavy atom. The van der Waals surface area contributed by atoms with Gasteiger partial charge in [0.05, 0.1) is 5.92 Å². The van der Waals surface area contributed by atoms with E-state index in [1.54, 1.807) is 36.7 Å². The molecule has 1 amide bonds. The molecular weight excluding hydrogens is 295 g/mol. The van der Waals surface area contributed by atoms with Gasteiger partial charge < -0.3 is 10.2 Å². The molecule has 6 heteroatoms. The number of benzene rings is 1. The van der Waals surface area contributed by atoms with Gasteiger partial charge in [-0.05, 0) is 25.0 Å². The van der Waals surface area contributed by atoms with Crippen LogP contribution >= 0.6 is 0 Å². The SMILES string of the molecule is O=C(NCc1ccccc1F)[C@@H]1CCCN(c2ncccn2)C1. The molecule has 120 valence electrons. The van der Waals surface area contributed by atoms with Crippen LogP contribution in [0.5, 0.6) is 0 Å². The molecule has 5 nitrogen and oxygen atoms in total. The molecule has 1 aromatic heterocycles. The van der Waals surface area contributed by atoms with Crippen molar-refractivity contribution in [2.75, 3.05) is 18.0 Å². The maximum Gasteiger partial charge on any atom is 0.225 e. The maximum absolute atomic E-state index is 13.6. The molecule has 0 unspecified atom stereocenters. The Bertz CT molecular complexity index is 665. The number of anilines is 1. The van der Waals surface area contributed by atoms with Crippen molar-refractivity contribution >= 4 is 11.9 Å². The third kappa shape index (κ3) is 3.83. The number of carbonyl (C=O) groups excluding carboxylic acids is 1. The van der Waals surface area contributed by atoms with Crippen LogP contribution in [0.3, 0.4) is 0 Å². The standard InChI is InChI=1S/C17H19FN4O/c18-15-7-2-1-5-13(15)11-21-16(23)14-6-3-10-22(12-14)17-19-8-4-9-20-17/h1-2,4-5,7-9,14H,3,6,10-12H2,(H,21,23)/t14-/m1/s1. The van der Waals surface area contributed by atoms with E-state index in [0.717, 1.165) is 19.4 Å². The van der Waals surface area contributed by atoms with Crippen molar-refractivity contribution in [3.8, 4) is 0 Å². The summed E-state index contributed by atoms with van der Waals surface area (Å²) < 4.78 is 13.6. The molecule has 0 spiro atoms. The summed E-state index contributed by atoms with van der Waals surface area (Å²) in [6, 6.07) is 8.25. The number of halogens is 1. The van der Waals surface area contributed by atoms with Gasteiger partial charge in [0.15, 0.2) is 0 Å². The van der Waals surface area contributed by atoms with Crippen LogP contribution in [-0.2, 0) is 11.3 Å². The molecule has 1 aliphatic heterocycles. The molecule has 0 bridgehead atoms. The Morgan fingerprint density at radius 1 is 1.26 bits per heavy atom. The molecule has 1 aliphatic rings. The second-order valence-corrected chi connectivity index (χ2v) is 5.64. The summed E-state index contributed by atoms with van der Waals surface area (Å²) >= 11 is 0. The molecular formula is C17H19FN4O. The van der Waals surface area contributed by atoms with Crippen molar-refractivity contribution in [1.82, 2.24) is 15.3 Å². The number of nitrogens with one attached hydrogen (secondary N) is 1. The molecule has 1 aromatic carbocycles. The summed E-state index contributed by atoms with van der Waals surface area (Å²) in [6.45, 7) is 1.65. The second kappa shape index (κ2) is 7.17. The average molecular weight is 314 g/mol. The molecule has 2 heterocycles. The Balaban J connectivity index is 1.58. The van der Waals surface area contributed by atoms with E-state index < -0.39 is 0 Å². The minimum absolute atomic E-state index is 0.0473. The molecule has 0 radical (unpaired) electrons. The molecule has 1 N–H and O–H groups in total. The quantitative estimate of drug-likeness (QED) is 0.939. The maximum atomic E-state index is 13.6. The van der Waals surface area contributed by atoms with E-state index >= 15 is 0 Å². The highest BCUT2D eigenvalue weighted by Crippen LogP contribution is 2.20. The van der Waals surface area contributed by atoms with Crippen LogP contribution in [0.1, 0.15) is 18.4 Å². The van der Waals surface area contributed by atoms with E-state index in [0.29, 0.717) is 18.1 Å². The number of aromatic nitrogens is 2. The van der Waals surface area contributed by atoms with Gasteiger partial charge in [0, 0.05) is 37.6 Å². The Labute approximate surface area is 134 Å². The molecule has 1 atom stereocenters. The molecule has 0 saturated carbocycles. The summed E-state index contributed by atoms with van der Waals surface area (Å²) in [5, 5.41) is 2.84. The van der Waals surface area contributed by atoms with E-state index in [1.165, 1.54) is 6.07 Å². The normalized spacial score (nSPS) is 17.8. The highest BCUT2D eigenvalue weighted by atomic mass is 19.1. The summed E-state index contributed by atoms with van der Waals surface area (Å²) in [6.07, 6.45) is 5.14.